The maximum Gasteiger partial charge on any atom is 0.268 e. The van der Waals surface area contributed by atoms with Gasteiger partial charge in [0.2, 0.25) is 5.91 Å². The zero-order valence-corrected chi connectivity index (χ0v) is 19.4. The summed E-state index contributed by atoms with van der Waals surface area (Å²) in [5, 5.41) is 3.24. The Morgan fingerprint density at radius 1 is 0.943 bits per heavy atom. The summed E-state index contributed by atoms with van der Waals surface area (Å²) in [4.78, 5) is 53.2. The molecule has 0 saturated heterocycles. The van der Waals surface area contributed by atoms with Crippen LogP contribution >= 0.6 is 11.6 Å². The van der Waals surface area contributed by atoms with Crippen molar-refractivity contribution in [2.75, 3.05) is 16.8 Å². The number of carbonyl (C=O) groups is 4. The molecule has 2 aliphatic rings. The van der Waals surface area contributed by atoms with Crippen LogP contribution in [-0.2, 0) is 16.1 Å². The number of hydrogen-bond donors (Lipinski definition) is 1. The van der Waals surface area contributed by atoms with E-state index in [0.717, 1.165) is 10.5 Å². The van der Waals surface area contributed by atoms with E-state index in [1.165, 1.54) is 0 Å². The van der Waals surface area contributed by atoms with E-state index >= 15 is 0 Å². The van der Waals surface area contributed by atoms with Crippen molar-refractivity contribution in [2.24, 2.45) is 0 Å². The molecule has 35 heavy (non-hydrogen) atoms. The second kappa shape index (κ2) is 8.88. The molecule has 0 aliphatic carbocycles. The number of fused-ring (bicyclic) bond motifs is 2. The van der Waals surface area contributed by atoms with Crippen LogP contribution in [0.25, 0.3) is 0 Å². The third-order valence-electron chi connectivity index (χ3n) is 5.92. The zero-order chi connectivity index (χ0) is 24.7. The van der Waals surface area contributed by atoms with Crippen LogP contribution in [0, 0.1) is 0 Å². The van der Waals surface area contributed by atoms with Crippen molar-refractivity contribution in [1.82, 2.24) is 4.90 Å². The van der Waals surface area contributed by atoms with Crippen LogP contribution in [0.2, 0.25) is 5.02 Å². The molecule has 0 fully saturated rings. The number of ether oxygens (including phenoxy) is 1. The fourth-order valence-corrected chi connectivity index (χ4v) is 4.37. The summed E-state index contributed by atoms with van der Waals surface area (Å²) >= 11 is 6.31. The lowest BCUT2D eigenvalue weighted by atomic mass is 10.1. The predicted octanol–water partition coefficient (Wildman–Crippen LogP) is 3.89. The van der Waals surface area contributed by atoms with Gasteiger partial charge < -0.3 is 15.0 Å². The summed E-state index contributed by atoms with van der Waals surface area (Å²) in [6.07, 6.45) is -0.681. The van der Waals surface area contributed by atoms with Crippen molar-refractivity contribution in [3.05, 3.63) is 88.4 Å². The van der Waals surface area contributed by atoms with Crippen LogP contribution in [0.1, 0.15) is 33.2 Å². The molecule has 176 valence electrons. The summed E-state index contributed by atoms with van der Waals surface area (Å²) in [6.45, 7) is 1.47. The van der Waals surface area contributed by atoms with Gasteiger partial charge in [0.1, 0.15) is 12.3 Å². The SMILES string of the molecule is CC1Oc2ccc(NC(=O)CN3C(=O)c4ccccc4C3=O)cc2N(Cc2ccccc2Cl)C1=O. The molecule has 0 aromatic heterocycles. The van der Waals surface area contributed by atoms with Gasteiger partial charge in [-0.1, -0.05) is 41.9 Å². The van der Waals surface area contributed by atoms with Crippen molar-refractivity contribution in [2.45, 2.75) is 19.6 Å². The summed E-state index contributed by atoms with van der Waals surface area (Å²) in [6, 6.07) is 18.6. The van der Waals surface area contributed by atoms with E-state index in [2.05, 4.69) is 5.32 Å². The minimum Gasteiger partial charge on any atom is -0.479 e. The molecule has 2 aliphatic heterocycles. The van der Waals surface area contributed by atoms with E-state index in [4.69, 9.17) is 16.3 Å². The van der Waals surface area contributed by atoms with Crippen molar-refractivity contribution in [3.63, 3.8) is 0 Å². The van der Waals surface area contributed by atoms with E-state index in [0.29, 0.717) is 22.1 Å². The van der Waals surface area contributed by atoms with Crippen LogP contribution in [-0.4, -0.2) is 41.2 Å². The Kier molecular flexibility index (Phi) is 5.74. The molecule has 1 atom stereocenters. The van der Waals surface area contributed by atoms with E-state index < -0.39 is 30.4 Å². The van der Waals surface area contributed by atoms with Gasteiger partial charge in [0.25, 0.3) is 17.7 Å². The van der Waals surface area contributed by atoms with Crippen LogP contribution in [0.5, 0.6) is 5.75 Å². The highest BCUT2D eigenvalue weighted by Gasteiger charge is 2.36. The number of rotatable bonds is 5. The monoisotopic (exact) mass is 489 g/mol. The first-order valence-corrected chi connectivity index (χ1v) is 11.3. The molecule has 0 radical (unpaired) electrons. The molecule has 9 heteroatoms. The van der Waals surface area contributed by atoms with Gasteiger partial charge in [-0.25, -0.2) is 0 Å². The van der Waals surface area contributed by atoms with Gasteiger partial charge in [-0.05, 0) is 48.9 Å². The van der Waals surface area contributed by atoms with E-state index in [9.17, 15) is 19.2 Å². The number of halogens is 1. The lowest BCUT2D eigenvalue weighted by Gasteiger charge is -2.33. The molecule has 0 spiro atoms. The Morgan fingerprint density at radius 3 is 2.29 bits per heavy atom. The van der Waals surface area contributed by atoms with Crippen LogP contribution < -0.4 is 15.0 Å². The van der Waals surface area contributed by atoms with E-state index in [1.807, 2.05) is 18.2 Å². The van der Waals surface area contributed by atoms with E-state index in [-0.39, 0.29) is 23.6 Å². The summed E-state index contributed by atoms with van der Waals surface area (Å²) in [7, 11) is 0. The minimum absolute atomic E-state index is 0.228. The van der Waals surface area contributed by atoms with Gasteiger partial charge in [-0.15, -0.1) is 0 Å². The molecule has 1 unspecified atom stereocenters. The highest BCUT2D eigenvalue weighted by atomic mass is 35.5. The number of nitrogens with one attached hydrogen (secondary N) is 1. The van der Waals surface area contributed by atoms with Crippen LogP contribution in [0.15, 0.2) is 66.7 Å². The lowest BCUT2D eigenvalue weighted by molar-refractivity contribution is -0.125. The fraction of sp³-hybridized carbons (Fsp3) is 0.154. The Hall–Kier alpha value is -4.17. The maximum atomic E-state index is 12.9. The molecule has 1 N–H and O–H groups in total. The molecule has 5 rings (SSSR count). The molecule has 8 nitrogen and oxygen atoms in total. The van der Waals surface area contributed by atoms with E-state index in [1.54, 1.807) is 60.4 Å². The highest BCUT2D eigenvalue weighted by molar-refractivity contribution is 6.31. The Balaban J connectivity index is 1.36. The smallest absolute Gasteiger partial charge is 0.268 e. The first kappa shape index (κ1) is 22.6. The molecule has 0 bridgehead atoms. The summed E-state index contributed by atoms with van der Waals surface area (Å²) < 4.78 is 5.74. The number of carbonyl (C=O) groups excluding carboxylic acids is 4. The van der Waals surface area contributed by atoms with Gasteiger partial charge in [-0.2, -0.15) is 0 Å². The summed E-state index contributed by atoms with van der Waals surface area (Å²) in [5.41, 5.74) is 2.19. The first-order chi connectivity index (χ1) is 16.8. The number of amides is 4. The quantitative estimate of drug-likeness (QED) is 0.548. The number of benzene rings is 3. The zero-order valence-electron chi connectivity index (χ0n) is 18.7. The number of anilines is 2. The number of imide groups is 1. The van der Waals surface area contributed by atoms with Crippen molar-refractivity contribution in [1.29, 1.82) is 0 Å². The predicted molar refractivity (Wildman–Crippen MR) is 130 cm³/mol. The maximum absolute atomic E-state index is 12.9. The third kappa shape index (κ3) is 4.13. The fourth-order valence-electron chi connectivity index (χ4n) is 4.17. The van der Waals surface area contributed by atoms with Crippen LogP contribution in [0.3, 0.4) is 0 Å². The number of hydrogen-bond acceptors (Lipinski definition) is 5. The van der Waals surface area contributed by atoms with Crippen molar-refractivity contribution < 1.29 is 23.9 Å². The lowest BCUT2D eigenvalue weighted by Crippen LogP contribution is -2.44. The average Bonchev–Trinajstić information content (AvgIpc) is 3.08. The second-order valence-electron chi connectivity index (χ2n) is 8.25. The Labute approximate surface area is 206 Å². The van der Waals surface area contributed by atoms with Gasteiger partial charge in [0.05, 0.1) is 23.4 Å². The number of nitrogens with zero attached hydrogens (tertiary/aromatic N) is 2. The minimum atomic E-state index is -0.681. The largest absolute Gasteiger partial charge is 0.479 e. The van der Waals surface area contributed by atoms with Gasteiger partial charge in [-0.3, -0.25) is 24.1 Å². The third-order valence-corrected chi connectivity index (χ3v) is 6.29. The topological polar surface area (TPSA) is 96.0 Å². The normalized spacial score (nSPS) is 16.6. The molecule has 0 saturated carbocycles. The first-order valence-electron chi connectivity index (χ1n) is 10.9. The molecule has 3 aromatic carbocycles. The van der Waals surface area contributed by atoms with Crippen molar-refractivity contribution >= 4 is 46.6 Å². The Bertz CT molecular complexity index is 1350. The van der Waals surface area contributed by atoms with Gasteiger partial charge >= 0.3 is 0 Å². The molecule has 4 amide bonds. The van der Waals surface area contributed by atoms with Gasteiger partial charge in [0, 0.05) is 10.7 Å². The highest BCUT2D eigenvalue weighted by Crippen LogP contribution is 2.38. The average molecular weight is 490 g/mol. The molecule has 3 aromatic rings. The van der Waals surface area contributed by atoms with Gasteiger partial charge in [0.15, 0.2) is 6.10 Å². The molecular formula is C26H20ClN3O5. The summed E-state index contributed by atoms with van der Waals surface area (Å²) in [5.74, 6) is -1.32. The standard InChI is InChI=1S/C26H20ClN3O5/c1-15-24(32)29(13-16-6-2-5-9-20(16)27)21-12-17(10-11-22(21)35-15)28-23(31)14-30-25(33)18-7-3-4-8-19(18)26(30)34/h2-12,15H,13-14H2,1H3,(H,28,31). The second-order valence-corrected chi connectivity index (χ2v) is 8.66. The molecular weight excluding hydrogens is 470 g/mol. The van der Waals surface area contributed by atoms with Crippen molar-refractivity contribution in [3.8, 4) is 5.75 Å². The molecule has 2 heterocycles. The van der Waals surface area contributed by atoms with Crippen LogP contribution in [0.4, 0.5) is 11.4 Å². The Morgan fingerprint density at radius 2 is 1.60 bits per heavy atom.